The van der Waals surface area contributed by atoms with E-state index in [2.05, 4.69) is 41.5 Å². The van der Waals surface area contributed by atoms with Crippen LogP contribution in [0.4, 0.5) is 0 Å². The van der Waals surface area contributed by atoms with Crippen LogP contribution in [0.15, 0.2) is 0 Å². The summed E-state index contributed by atoms with van der Waals surface area (Å²) in [6, 6.07) is 0. The van der Waals surface area contributed by atoms with Gasteiger partial charge < -0.3 is 14.2 Å². The molecule has 2 unspecified atom stereocenters. The third kappa shape index (κ3) is 38.5. The normalized spacial score (nSPS) is 13.2. The highest BCUT2D eigenvalue weighted by Crippen LogP contribution is 2.18. The molecule has 0 aliphatic rings. The first kappa shape index (κ1) is 51.4. The fraction of sp³-hybridized carbons (Fsp3) is 0.936. The second kappa shape index (κ2) is 38.7. The van der Waals surface area contributed by atoms with E-state index in [0.717, 1.165) is 75.5 Å². The van der Waals surface area contributed by atoms with Crippen LogP contribution < -0.4 is 0 Å². The predicted octanol–water partition coefficient (Wildman–Crippen LogP) is 14.4. The standard InChI is InChI=1S/C47H90O6/c1-7-42(5)34-28-22-16-13-14-17-24-30-36-45(48)51-39-44(40-52-46(49)37-31-25-20-19-23-29-35-43(6)8-2)53-47(50)38-32-26-18-12-10-9-11-15-21-27-33-41(3)4/h41-44H,7-40H2,1-6H3/t42?,43?,44-/m0/s1. The van der Waals surface area contributed by atoms with Gasteiger partial charge in [0.2, 0.25) is 0 Å². The Kier molecular flexibility index (Phi) is 37.5. The Labute approximate surface area is 329 Å². The Morgan fingerprint density at radius 3 is 0.981 bits per heavy atom. The van der Waals surface area contributed by atoms with E-state index in [0.29, 0.717) is 19.3 Å². The molecule has 0 saturated heterocycles. The van der Waals surface area contributed by atoms with Crippen LogP contribution in [-0.4, -0.2) is 37.2 Å². The molecule has 0 amide bonds. The highest BCUT2D eigenvalue weighted by molar-refractivity contribution is 5.71. The molecule has 6 heteroatoms. The first-order chi connectivity index (χ1) is 25.7. The fourth-order valence-corrected chi connectivity index (χ4v) is 6.81. The average Bonchev–Trinajstić information content (AvgIpc) is 3.14. The topological polar surface area (TPSA) is 78.9 Å². The SMILES string of the molecule is CCC(C)CCCCCCCCCCC(=O)OC[C@@H](COC(=O)CCCCCCCCC(C)CC)OC(=O)CCCCCCCCCCCCC(C)C. The van der Waals surface area contributed by atoms with Crippen LogP contribution in [0.5, 0.6) is 0 Å². The molecule has 0 N–H and O–H groups in total. The van der Waals surface area contributed by atoms with Gasteiger partial charge in [-0.15, -0.1) is 0 Å². The molecule has 0 spiro atoms. The van der Waals surface area contributed by atoms with Gasteiger partial charge in [0.1, 0.15) is 13.2 Å². The minimum atomic E-state index is -0.762. The van der Waals surface area contributed by atoms with Crippen molar-refractivity contribution in [2.24, 2.45) is 17.8 Å². The molecule has 53 heavy (non-hydrogen) atoms. The van der Waals surface area contributed by atoms with Crippen molar-refractivity contribution < 1.29 is 28.6 Å². The van der Waals surface area contributed by atoms with Gasteiger partial charge in [0, 0.05) is 19.3 Å². The molecule has 0 aliphatic heterocycles. The molecule has 0 fully saturated rings. The second-order valence-electron chi connectivity index (χ2n) is 17.0. The molecule has 0 rings (SSSR count). The first-order valence-corrected chi connectivity index (χ1v) is 23.2. The van der Waals surface area contributed by atoms with E-state index in [4.69, 9.17) is 14.2 Å². The Balaban J connectivity index is 4.36. The lowest BCUT2D eigenvalue weighted by molar-refractivity contribution is -0.167. The molecule has 0 saturated carbocycles. The van der Waals surface area contributed by atoms with E-state index in [1.54, 1.807) is 0 Å². The quantitative estimate of drug-likeness (QED) is 0.0352. The average molecular weight is 751 g/mol. The molecule has 0 aromatic heterocycles. The Morgan fingerprint density at radius 2 is 0.660 bits per heavy atom. The molecule has 314 valence electrons. The molecule has 6 nitrogen and oxygen atoms in total. The third-order valence-corrected chi connectivity index (χ3v) is 11.1. The highest BCUT2D eigenvalue weighted by atomic mass is 16.6. The van der Waals surface area contributed by atoms with Gasteiger partial charge in [0.05, 0.1) is 0 Å². The molecular formula is C47H90O6. The summed E-state index contributed by atoms with van der Waals surface area (Å²) in [4.78, 5) is 37.7. The minimum Gasteiger partial charge on any atom is -0.462 e. The summed E-state index contributed by atoms with van der Waals surface area (Å²) in [5, 5.41) is 0. The zero-order chi connectivity index (χ0) is 39.2. The van der Waals surface area contributed by atoms with E-state index in [1.165, 1.54) is 128 Å². The van der Waals surface area contributed by atoms with E-state index in [1.807, 2.05) is 0 Å². The molecule has 0 bridgehead atoms. The molecule has 0 heterocycles. The number of ether oxygens (including phenoxy) is 3. The summed E-state index contributed by atoms with van der Waals surface area (Å²) in [6.45, 7) is 13.7. The summed E-state index contributed by atoms with van der Waals surface area (Å²) < 4.78 is 16.7. The van der Waals surface area contributed by atoms with E-state index in [-0.39, 0.29) is 31.1 Å². The van der Waals surface area contributed by atoms with Crippen LogP contribution in [0, 0.1) is 17.8 Å². The fourth-order valence-electron chi connectivity index (χ4n) is 6.81. The third-order valence-electron chi connectivity index (χ3n) is 11.1. The number of hydrogen-bond donors (Lipinski definition) is 0. The van der Waals surface area contributed by atoms with Crippen LogP contribution >= 0.6 is 0 Å². The van der Waals surface area contributed by atoms with Crippen molar-refractivity contribution in [2.45, 2.75) is 253 Å². The van der Waals surface area contributed by atoms with Crippen molar-refractivity contribution in [1.29, 1.82) is 0 Å². The minimum absolute atomic E-state index is 0.0668. The van der Waals surface area contributed by atoms with E-state index < -0.39 is 6.10 Å². The predicted molar refractivity (Wildman–Crippen MR) is 224 cm³/mol. The number of carbonyl (C=O) groups is 3. The first-order valence-electron chi connectivity index (χ1n) is 23.2. The summed E-state index contributed by atoms with van der Waals surface area (Å²) in [6.07, 6.45) is 35.1. The van der Waals surface area contributed by atoms with Crippen LogP contribution in [0.3, 0.4) is 0 Å². The summed E-state index contributed by atoms with van der Waals surface area (Å²) in [5.74, 6) is 1.61. The van der Waals surface area contributed by atoms with Gasteiger partial charge in [-0.3, -0.25) is 14.4 Å². The van der Waals surface area contributed by atoms with Crippen LogP contribution in [-0.2, 0) is 28.6 Å². The molecule has 0 aromatic rings. The molecule has 0 radical (unpaired) electrons. The lowest BCUT2D eigenvalue weighted by Gasteiger charge is -2.18. The number of carbonyl (C=O) groups excluding carboxylic acids is 3. The lowest BCUT2D eigenvalue weighted by atomic mass is 9.99. The summed E-state index contributed by atoms with van der Waals surface area (Å²) >= 11 is 0. The van der Waals surface area contributed by atoms with Crippen LogP contribution in [0.2, 0.25) is 0 Å². The van der Waals surface area contributed by atoms with Crippen molar-refractivity contribution >= 4 is 17.9 Å². The van der Waals surface area contributed by atoms with Gasteiger partial charge >= 0.3 is 17.9 Å². The largest absolute Gasteiger partial charge is 0.462 e. The maximum Gasteiger partial charge on any atom is 0.306 e. The zero-order valence-corrected chi connectivity index (χ0v) is 36.3. The molecule has 0 aliphatic carbocycles. The van der Waals surface area contributed by atoms with Crippen molar-refractivity contribution in [3.05, 3.63) is 0 Å². The van der Waals surface area contributed by atoms with Crippen LogP contribution in [0.25, 0.3) is 0 Å². The van der Waals surface area contributed by atoms with Crippen molar-refractivity contribution in [3.63, 3.8) is 0 Å². The summed E-state index contributed by atoms with van der Waals surface area (Å²) in [7, 11) is 0. The maximum absolute atomic E-state index is 12.7. The molecular weight excluding hydrogens is 661 g/mol. The van der Waals surface area contributed by atoms with Gasteiger partial charge in [0.25, 0.3) is 0 Å². The van der Waals surface area contributed by atoms with Crippen molar-refractivity contribution in [1.82, 2.24) is 0 Å². The van der Waals surface area contributed by atoms with E-state index >= 15 is 0 Å². The Bertz CT molecular complexity index is 826. The van der Waals surface area contributed by atoms with Gasteiger partial charge in [-0.1, -0.05) is 208 Å². The van der Waals surface area contributed by atoms with Gasteiger partial charge in [-0.05, 0) is 37.0 Å². The number of hydrogen-bond acceptors (Lipinski definition) is 6. The van der Waals surface area contributed by atoms with Gasteiger partial charge in [-0.2, -0.15) is 0 Å². The second-order valence-corrected chi connectivity index (χ2v) is 17.0. The van der Waals surface area contributed by atoms with Gasteiger partial charge in [0.15, 0.2) is 6.10 Å². The van der Waals surface area contributed by atoms with Crippen molar-refractivity contribution in [2.75, 3.05) is 13.2 Å². The highest BCUT2D eigenvalue weighted by Gasteiger charge is 2.19. The number of esters is 3. The summed E-state index contributed by atoms with van der Waals surface area (Å²) in [5.41, 5.74) is 0. The monoisotopic (exact) mass is 751 g/mol. The van der Waals surface area contributed by atoms with Crippen molar-refractivity contribution in [3.8, 4) is 0 Å². The smallest absolute Gasteiger partial charge is 0.306 e. The van der Waals surface area contributed by atoms with E-state index in [9.17, 15) is 14.4 Å². The number of unbranched alkanes of at least 4 members (excludes halogenated alkanes) is 21. The lowest BCUT2D eigenvalue weighted by Crippen LogP contribution is -2.30. The van der Waals surface area contributed by atoms with Crippen LogP contribution in [0.1, 0.15) is 247 Å². The number of rotatable bonds is 40. The Morgan fingerprint density at radius 1 is 0.377 bits per heavy atom. The molecule has 0 aromatic carbocycles. The van der Waals surface area contributed by atoms with Gasteiger partial charge in [-0.25, -0.2) is 0 Å². The molecule has 3 atom stereocenters. The maximum atomic E-state index is 12.7. The zero-order valence-electron chi connectivity index (χ0n) is 36.3. The Hall–Kier alpha value is -1.59.